The second kappa shape index (κ2) is 4.74. The molecule has 0 heteroatoms. The molecule has 4 aliphatic carbocycles. The molecule has 0 saturated heterocycles. The zero-order valence-corrected chi connectivity index (χ0v) is 15.2. The van der Waals surface area contributed by atoms with Gasteiger partial charge in [0.05, 0.1) is 0 Å². The van der Waals surface area contributed by atoms with Crippen molar-refractivity contribution in [3.8, 4) is 0 Å². The summed E-state index contributed by atoms with van der Waals surface area (Å²) >= 11 is 0. The number of fused-ring (bicyclic) bond motifs is 5. The zero-order chi connectivity index (χ0) is 15.7. The van der Waals surface area contributed by atoms with Crippen molar-refractivity contribution in [2.45, 2.75) is 79.1 Å². The SMILES string of the molecule is C=C(C)[C@@H]1CC[C@@H]2[C@H]3CCC4=C(C)CC[C@@]4(C)[C@@H]3CC[C@]21C. The van der Waals surface area contributed by atoms with Gasteiger partial charge in [-0.15, -0.1) is 0 Å². The van der Waals surface area contributed by atoms with Crippen LogP contribution in [0.3, 0.4) is 0 Å². The Morgan fingerprint density at radius 1 is 1.00 bits per heavy atom. The average molecular weight is 299 g/mol. The summed E-state index contributed by atoms with van der Waals surface area (Å²) in [5, 5.41) is 0. The fraction of sp³-hybridized carbons (Fsp3) is 0.818. The first kappa shape index (κ1) is 15.0. The number of allylic oxidation sites excluding steroid dienone is 3. The molecule has 122 valence electrons. The van der Waals surface area contributed by atoms with Crippen molar-refractivity contribution in [3.63, 3.8) is 0 Å². The largest absolute Gasteiger partial charge is 0.0998 e. The molecule has 0 aromatic carbocycles. The molecule has 0 aromatic rings. The van der Waals surface area contributed by atoms with Gasteiger partial charge in [0, 0.05) is 0 Å². The minimum Gasteiger partial charge on any atom is -0.0998 e. The molecule has 3 fully saturated rings. The number of hydrogen-bond donors (Lipinski definition) is 0. The second-order valence-electron chi connectivity index (χ2n) is 9.61. The molecule has 0 aromatic heterocycles. The van der Waals surface area contributed by atoms with E-state index in [9.17, 15) is 0 Å². The van der Waals surface area contributed by atoms with E-state index in [-0.39, 0.29) is 0 Å². The highest BCUT2D eigenvalue weighted by atomic mass is 14.6. The van der Waals surface area contributed by atoms with Crippen LogP contribution in [0.5, 0.6) is 0 Å². The van der Waals surface area contributed by atoms with Crippen molar-refractivity contribution in [2.24, 2.45) is 34.5 Å². The molecule has 0 bridgehead atoms. The van der Waals surface area contributed by atoms with E-state index < -0.39 is 0 Å². The molecular weight excluding hydrogens is 264 g/mol. The molecule has 4 rings (SSSR count). The van der Waals surface area contributed by atoms with E-state index >= 15 is 0 Å². The first-order valence-corrected chi connectivity index (χ1v) is 9.72. The summed E-state index contributed by atoms with van der Waals surface area (Å²) in [7, 11) is 0. The fourth-order valence-electron chi connectivity index (χ4n) is 7.75. The molecule has 4 aliphatic rings. The molecule has 0 unspecified atom stereocenters. The smallest absolute Gasteiger partial charge is 0.00798 e. The molecule has 0 nitrogen and oxygen atoms in total. The van der Waals surface area contributed by atoms with Gasteiger partial charge in [0.1, 0.15) is 0 Å². The normalized spacial score (nSPS) is 50.5. The Hall–Kier alpha value is -0.520. The second-order valence-corrected chi connectivity index (χ2v) is 9.61. The maximum atomic E-state index is 4.35. The van der Waals surface area contributed by atoms with Crippen LogP contribution in [0.1, 0.15) is 79.1 Å². The van der Waals surface area contributed by atoms with Crippen LogP contribution in [-0.4, -0.2) is 0 Å². The summed E-state index contributed by atoms with van der Waals surface area (Å²) in [5.74, 6) is 3.76. The molecule has 0 N–H and O–H groups in total. The third kappa shape index (κ3) is 1.76. The average Bonchev–Trinajstić information content (AvgIpc) is 2.96. The van der Waals surface area contributed by atoms with E-state index in [1.807, 2.05) is 5.57 Å². The lowest BCUT2D eigenvalue weighted by atomic mass is 9.48. The highest BCUT2D eigenvalue weighted by Crippen LogP contribution is 2.68. The van der Waals surface area contributed by atoms with Crippen molar-refractivity contribution in [1.29, 1.82) is 0 Å². The molecule has 0 aliphatic heterocycles. The standard InChI is InChI=1S/C22H34/c1-14(2)17-8-9-19-16-6-7-18-15(3)10-12-22(18,5)20(16)11-13-21(17,19)4/h16-17,19-20H,1,6-13H2,2-5H3/t16-,17+,19-,20-,21+,22-/m1/s1. The third-order valence-electron chi connectivity index (χ3n) is 8.80. The van der Waals surface area contributed by atoms with Crippen molar-refractivity contribution >= 4 is 0 Å². The van der Waals surface area contributed by atoms with E-state index in [4.69, 9.17) is 0 Å². The van der Waals surface area contributed by atoms with E-state index in [0.717, 1.165) is 23.7 Å². The summed E-state index contributed by atoms with van der Waals surface area (Å²) in [6.45, 7) is 14.3. The van der Waals surface area contributed by atoms with Gasteiger partial charge in [0.2, 0.25) is 0 Å². The van der Waals surface area contributed by atoms with E-state index in [1.54, 1.807) is 5.57 Å². The Morgan fingerprint density at radius 2 is 1.77 bits per heavy atom. The van der Waals surface area contributed by atoms with Crippen molar-refractivity contribution < 1.29 is 0 Å². The highest BCUT2D eigenvalue weighted by Gasteiger charge is 2.59. The molecule has 0 radical (unpaired) electrons. The van der Waals surface area contributed by atoms with Gasteiger partial charge >= 0.3 is 0 Å². The van der Waals surface area contributed by atoms with Gasteiger partial charge in [0.15, 0.2) is 0 Å². The summed E-state index contributed by atoms with van der Waals surface area (Å²) < 4.78 is 0. The monoisotopic (exact) mass is 298 g/mol. The predicted octanol–water partition coefficient (Wildman–Crippen LogP) is 6.53. The van der Waals surface area contributed by atoms with Crippen molar-refractivity contribution in [2.75, 3.05) is 0 Å². The van der Waals surface area contributed by atoms with Crippen LogP contribution in [-0.2, 0) is 0 Å². The van der Waals surface area contributed by atoms with Crippen LogP contribution < -0.4 is 0 Å². The van der Waals surface area contributed by atoms with Crippen LogP contribution in [0.2, 0.25) is 0 Å². The van der Waals surface area contributed by atoms with Gasteiger partial charge in [-0.2, -0.15) is 0 Å². The first-order valence-electron chi connectivity index (χ1n) is 9.72. The highest BCUT2D eigenvalue weighted by molar-refractivity contribution is 5.31. The molecule has 22 heavy (non-hydrogen) atoms. The quantitative estimate of drug-likeness (QED) is 0.483. The summed E-state index contributed by atoms with van der Waals surface area (Å²) in [4.78, 5) is 0. The summed E-state index contributed by atoms with van der Waals surface area (Å²) in [6.07, 6.45) is 11.5. The van der Waals surface area contributed by atoms with Crippen LogP contribution in [0, 0.1) is 34.5 Å². The minimum absolute atomic E-state index is 0.565. The molecule has 0 spiro atoms. The summed E-state index contributed by atoms with van der Waals surface area (Å²) in [5.41, 5.74) is 6.23. The lowest BCUT2D eigenvalue weighted by Gasteiger charge is -2.56. The Morgan fingerprint density at radius 3 is 2.50 bits per heavy atom. The lowest BCUT2D eigenvalue weighted by Crippen LogP contribution is -2.48. The summed E-state index contributed by atoms with van der Waals surface area (Å²) in [6, 6.07) is 0. The lowest BCUT2D eigenvalue weighted by molar-refractivity contribution is -0.0404. The Bertz CT molecular complexity index is 538. The van der Waals surface area contributed by atoms with Gasteiger partial charge in [-0.1, -0.05) is 37.1 Å². The van der Waals surface area contributed by atoms with Crippen LogP contribution in [0.4, 0.5) is 0 Å². The molecule has 0 amide bonds. The Labute approximate surface area is 137 Å². The van der Waals surface area contributed by atoms with Gasteiger partial charge in [-0.3, -0.25) is 0 Å². The fourth-order valence-corrected chi connectivity index (χ4v) is 7.75. The molecule has 6 atom stereocenters. The predicted molar refractivity (Wildman–Crippen MR) is 94.6 cm³/mol. The molecule has 3 saturated carbocycles. The van der Waals surface area contributed by atoms with Crippen LogP contribution in [0.25, 0.3) is 0 Å². The molecule has 0 heterocycles. The van der Waals surface area contributed by atoms with E-state index in [1.165, 1.54) is 56.9 Å². The topological polar surface area (TPSA) is 0 Å². The van der Waals surface area contributed by atoms with Gasteiger partial charge in [-0.05, 0) is 99.7 Å². The van der Waals surface area contributed by atoms with Crippen LogP contribution in [0.15, 0.2) is 23.3 Å². The van der Waals surface area contributed by atoms with E-state index in [0.29, 0.717) is 10.8 Å². The zero-order valence-electron chi connectivity index (χ0n) is 15.2. The van der Waals surface area contributed by atoms with Crippen molar-refractivity contribution in [1.82, 2.24) is 0 Å². The molecular formula is C22H34. The van der Waals surface area contributed by atoms with Gasteiger partial charge in [-0.25, -0.2) is 0 Å². The maximum absolute atomic E-state index is 4.35. The number of rotatable bonds is 1. The Balaban J connectivity index is 1.68. The third-order valence-corrected chi connectivity index (χ3v) is 8.80. The Kier molecular flexibility index (Phi) is 3.24. The van der Waals surface area contributed by atoms with Crippen molar-refractivity contribution in [3.05, 3.63) is 23.3 Å². The number of hydrogen-bond acceptors (Lipinski definition) is 0. The van der Waals surface area contributed by atoms with Gasteiger partial charge in [0.25, 0.3) is 0 Å². The van der Waals surface area contributed by atoms with E-state index in [2.05, 4.69) is 34.3 Å². The van der Waals surface area contributed by atoms with Crippen LogP contribution >= 0.6 is 0 Å². The maximum Gasteiger partial charge on any atom is -0.00798 e. The minimum atomic E-state index is 0.565. The first-order chi connectivity index (χ1) is 10.4. The van der Waals surface area contributed by atoms with Gasteiger partial charge < -0.3 is 0 Å².